The molecule has 2 unspecified atom stereocenters. The zero-order chi connectivity index (χ0) is 16.8. The first-order chi connectivity index (χ1) is 10.8. The maximum absolute atomic E-state index is 12.5. The van der Waals surface area contributed by atoms with Gasteiger partial charge in [0.25, 0.3) is 0 Å². The van der Waals surface area contributed by atoms with E-state index >= 15 is 0 Å². The van der Waals surface area contributed by atoms with Crippen molar-refractivity contribution in [1.82, 2.24) is 4.90 Å². The molecule has 0 aromatic heterocycles. The van der Waals surface area contributed by atoms with Gasteiger partial charge in [-0.25, -0.2) is 4.21 Å². The molecule has 0 radical (unpaired) electrons. The average molecular weight is 356 g/mol. The molecule has 124 valence electrons. The maximum atomic E-state index is 12.5. The summed E-state index contributed by atoms with van der Waals surface area (Å²) in [5, 5.41) is 0.313. The zero-order valence-corrected chi connectivity index (χ0v) is 14.3. The number of anilines is 1. The van der Waals surface area contributed by atoms with E-state index in [2.05, 4.69) is 0 Å². The van der Waals surface area contributed by atoms with Gasteiger partial charge in [-0.3, -0.25) is 14.4 Å². The number of rotatable bonds is 3. The van der Waals surface area contributed by atoms with Crippen LogP contribution in [0.1, 0.15) is 6.42 Å². The molecule has 0 spiro atoms. The summed E-state index contributed by atoms with van der Waals surface area (Å²) in [4.78, 5) is 28.1. The molecule has 23 heavy (non-hydrogen) atoms. The third-order valence-electron chi connectivity index (χ3n) is 4.44. The van der Waals surface area contributed by atoms with Crippen LogP contribution in [-0.2, 0) is 19.3 Å². The van der Waals surface area contributed by atoms with Crippen molar-refractivity contribution in [2.45, 2.75) is 11.7 Å². The van der Waals surface area contributed by atoms with Crippen LogP contribution < -0.4 is 4.90 Å². The van der Waals surface area contributed by atoms with Gasteiger partial charge in [-0.1, -0.05) is 11.6 Å². The minimum absolute atomic E-state index is 0.205. The summed E-state index contributed by atoms with van der Waals surface area (Å²) in [5.74, 6) is -1.10. The predicted octanol–water partition coefficient (Wildman–Crippen LogP) is 1.58. The van der Waals surface area contributed by atoms with Gasteiger partial charge in [-0.15, -0.1) is 0 Å². The molecule has 2 atom stereocenters. The number of carbonyl (C=O) groups excluding carboxylic acids is 2. The second kappa shape index (κ2) is 5.79. The monoisotopic (exact) mass is 355 g/mol. The Morgan fingerprint density at radius 1 is 1.30 bits per heavy atom. The Morgan fingerprint density at radius 2 is 1.91 bits per heavy atom. The first-order valence-electron chi connectivity index (χ1n) is 7.35. The van der Waals surface area contributed by atoms with Crippen LogP contribution in [0.2, 0.25) is 5.02 Å². The number of nitrogens with zero attached hydrogens (tertiary/aromatic N) is 2. The molecule has 2 amide bonds. The largest absolute Gasteiger partial charge is 0.339 e. The van der Waals surface area contributed by atoms with Crippen LogP contribution in [-0.4, -0.2) is 52.1 Å². The van der Waals surface area contributed by atoms with Crippen LogP contribution in [0.3, 0.4) is 0 Å². The molecule has 0 bridgehead atoms. The second-order valence-electron chi connectivity index (χ2n) is 6.08. The van der Waals surface area contributed by atoms with Crippen molar-refractivity contribution < 1.29 is 13.8 Å². The number of halogens is 1. The fourth-order valence-electron chi connectivity index (χ4n) is 2.91. The highest BCUT2D eigenvalue weighted by molar-refractivity contribution is 7.92. The minimum atomic E-state index is -2.63. The normalized spacial score (nSPS) is 24.4. The van der Waals surface area contributed by atoms with E-state index in [-0.39, 0.29) is 17.1 Å². The van der Waals surface area contributed by atoms with Gasteiger partial charge < -0.3 is 9.80 Å². The first kappa shape index (κ1) is 16.3. The van der Waals surface area contributed by atoms with Crippen molar-refractivity contribution >= 4 is 38.8 Å². The lowest BCUT2D eigenvalue weighted by Crippen LogP contribution is -2.58. The number of hydrogen-bond acceptors (Lipinski definition) is 4. The van der Waals surface area contributed by atoms with Crippen LogP contribution in [0.5, 0.6) is 0 Å². The van der Waals surface area contributed by atoms with Crippen LogP contribution in [0.15, 0.2) is 24.3 Å². The molecule has 0 aliphatic carbocycles. The summed E-state index contributed by atoms with van der Waals surface area (Å²) in [5.41, 5.74) is 0.735. The van der Waals surface area contributed by atoms with E-state index in [1.54, 1.807) is 29.2 Å². The van der Waals surface area contributed by atoms with E-state index in [9.17, 15) is 13.8 Å². The molecular formula is C15H18ClN3O3S. The molecule has 3 rings (SSSR count). The smallest absolute Gasteiger partial charge is 0.239 e. The molecule has 2 heterocycles. The molecule has 2 aliphatic rings. The SMILES string of the molecule is CS(=N)(=O)C1CN(C(=O)C2CCN(c3ccc(Cl)cc3)C2=O)C1. The molecule has 0 saturated carbocycles. The summed E-state index contributed by atoms with van der Waals surface area (Å²) >= 11 is 5.85. The van der Waals surface area contributed by atoms with Crippen LogP contribution >= 0.6 is 11.6 Å². The second-order valence-corrected chi connectivity index (χ2v) is 8.99. The number of benzene rings is 1. The summed E-state index contributed by atoms with van der Waals surface area (Å²) in [7, 11) is -2.63. The summed E-state index contributed by atoms with van der Waals surface area (Å²) < 4.78 is 19.2. The van der Waals surface area contributed by atoms with Crippen LogP contribution in [0.4, 0.5) is 5.69 Å². The van der Waals surface area contributed by atoms with E-state index < -0.39 is 15.6 Å². The van der Waals surface area contributed by atoms with E-state index in [4.69, 9.17) is 16.4 Å². The molecule has 2 saturated heterocycles. The molecule has 1 aromatic rings. The maximum Gasteiger partial charge on any atom is 0.239 e. The van der Waals surface area contributed by atoms with Crippen molar-refractivity contribution in [1.29, 1.82) is 4.78 Å². The van der Waals surface area contributed by atoms with Gasteiger partial charge in [0.05, 0.1) is 5.25 Å². The molecule has 6 nitrogen and oxygen atoms in total. The number of nitrogens with one attached hydrogen (secondary N) is 1. The number of likely N-dealkylation sites (tertiary alicyclic amines) is 1. The standard InChI is InChI=1S/C15H18ClN3O3S/c1-23(17,22)12-8-18(9-12)14(20)13-6-7-19(15(13)21)11-4-2-10(16)3-5-11/h2-5,12-13,17H,6-9H2,1H3. The van der Waals surface area contributed by atoms with Gasteiger partial charge >= 0.3 is 0 Å². The number of hydrogen-bond donors (Lipinski definition) is 1. The Kier molecular flexibility index (Phi) is 4.10. The van der Waals surface area contributed by atoms with Crippen LogP contribution in [0.25, 0.3) is 0 Å². The minimum Gasteiger partial charge on any atom is -0.339 e. The van der Waals surface area contributed by atoms with Crippen molar-refractivity contribution in [3.05, 3.63) is 29.3 Å². The van der Waals surface area contributed by atoms with E-state index in [0.29, 0.717) is 31.1 Å². The Hall–Kier alpha value is -1.60. The Labute approximate surface area is 140 Å². The van der Waals surface area contributed by atoms with Crippen molar-refractivity contribution in [2.75, 3.05) is 30.8 Å². The average Bonchev–Trinajstić information content (AvgIpc) is 2.78. The molecular weight excluding hydrogens is 338 g/mol. The van der Waals surface area contributed by atoms with Crippen molar-refractivity contribution in [3.63, 3.8) is 0 Å². The fourth-order valence-corrected chi connectivity index (χ4v) is 3.96. The van der Waals surface area contributed by atoms with Gasteiger partial charge in [0, 0.05) is 46.3 Å². The van der Waals surface area contributed by atoms with Gasteiger partial charge in [-0.05, 0) is 30.7 Å². The molecule has 2 fully saturated rings. The van der Waals surface area contributed by atoms with E-state index in [0.717, 1.165) is 5.69 Å². The van der Waals surface area contributed by atoms with Gasteiger partial charge in [0.2, 0.25) is 11.8 Å². The van der Waals surface area contributed by atoms with Crippen molar-refractivity contribution in [3.8, 4) is 0 Å². The Morgan fingerprint density at radius 3 is 2.48 bits per heavy atom. The van der Waals surface area contributed by atoms with Crippen LogP contribution in [0, 0.1) is 10.7 Å². The highest BCUT2D eigenvalue weighted by Gasteiger charge is 2.44. The summed E-state index contributed by atoms with van der Waals surface area (Å²) in [6.45, 7) is 1.11. The van der Waals surface area contributed by atoms with Crippen molar-refractivity contribution in [2.24, 2.45) is 5.92 Å². The molecule has 1 aromatic carbocycles. The highest BCUT2D eigenvalue weighted by Crippen LogP contribution is 2.29. The lowest BCUT2D eigenvalue weighted by molar-refractivity contribution is -0.142. The third-order valence-corrected chi connectivity index (χ3v) is 6.26. The predicted molar refractivity (Wildman–Crippen MR) is 89.1 cm³/mol. The Bertz CT molecular complexity index is 742. The topological polar surface area (TPSA) is 81.5 Å². The van der Waals surface area contributed by atoms with E-state index in [1.165, 1.54) is 11.2 Å². The first-order valence-corrected chi connectivity index (χ1v) is 9.76. The fraction of sp³-hybridized carbons (Fsp3) is 0.467. The molecule has 8 heteroatoms. The number of amides is 2. The quantitative estimate of drug-likeness (QED) is 0.836. The van der Waals surface area contributed by atoms with Gasteiger partial charge in [0.1, 0.15) is 5.92 Å². The Balaban J connectivity index is 1.65. The number of carbonyl (C=O) groups is 2. The third kappa shape index (κ3) is 3.07. The molecule has 2 aliphatic heterocycles. The lowest BCUT2D eigenvalue weighted by atomic mass is 10.0. The summed E-state index contributed by atoms with van der Waals surface area (Å²) in [6, 6.07) is 6.95. The van der Waals surface area contributed by atoms with Gasteiger partial charge in [0.15, 0.2) is 0 Å². The lowest BCUT2D eigenvalue weighted by Gasteiger charge is -2.40. The van der Waals surface area contributed by atoms with E-state index in [1.807, 2.05) is 0 Å². The zero-order valence-electron chi connectivity index (χ0n) is 12.7. The summed E-state index contributed by atoms with van der Waals surface area (Å²) in [6.07, 6.45) is 1.87. The highest BCUT2D eigenvalue weighted by atomic mass is 35.5. The molecule has 1 N–H and O–H groups in total. The van der Waals surface area contributed by atoms with Gasteiger partial charge in [-0.2, -0.15) is 0 Å².